The van der Waals surface area contributed by atoms with Crippen LogP contribution >= 0.6 is 11.3 Å². The lowest BCUT2D eigenvalue weighted by molar-refractivity contribution is -0.121. The molecule has 3 rings (SSSR count). The SMILES string of the molecule is O=C(CCCc1nc(-c2cccs2)no1)NCC1=CCNCC1. The topological polar surface area (TPSA) is 80.0 Å². The van der Waals surface area contributed by atoms with Crippen LogP contribution in [0.3, 0.4) is 0 Å². The molecule has 7 heteroatoms. The molecule has 0 aromatic carbocycles. The molecule has 1 aliphatic rings. The van der Waals surface area contributed by atoms with E-state index in [1.807, 2.05) is 17.5 Å². The highest BCUT2D eigenvalue weighted by Gasteiger charge is 2.10. The minimum Gasteiger partial charge on any atom is -0.352 e. The summed E-state index contributed by atoms with van der Waals surface area (Å²) < 4.78 is 5.22. The van der Waals surface area contributed by atoms with Crippen molar-refractivity contribution in [2.24, 2.45) is 0 Å². The molecule has 2 aromatic heterocycles. The molecule has 0 unspecified atom stereocenters. The van der Waals surface area contributed by atoms with E-state index in [0.717, 1.165) is 24.4 Å². The maximum atomic E-state index is 11.8. The first-order valence-electron chi connectivity index (χ1n) is 7.83. The molecule has 23 heavy (non-hydrogen) atoms. The zero-order valence-electron chi connectivity index (χ0n) is 12.9. The Kier molecular flexibility index (Phi) is 5.55. The molecule has 0 fully saturated rings. The number of nitrogens with zero attached hydrogens (tertiary/aromatic N) is 2. The number of aryl methyl sites for hydroxylation is 1. The molecule has 0 radical (unpaired) electrons. The van der Waals surface area contributed by atoms with Crippen molar-refractivity contribution in [1.29, 1.82) is 0 Å². The summed E-state index contributed by atoms with van der Waals surface area (Å²) in [5, 5.41) is 12.2. The summed E-state index contributed by atoms with van der Waals surface area (Å²) >= 11 is 1.58. The highest BCUT2D eigenvalue weighted by atomic mass is 32.1. The molecule has 0 saturated carbocycles. The molecule has 0 spiro atoms. The maximum Gasteiger partial charge on any atom is 0.226 e. The summed E-state index contributed by atoms with van der Waals surface area (Å²) in [5.74, 6) is 1.28. The Hall–Kier alpha value is -1.99. The van der Waals surface area contributed by atoms with Gasteiger partial charge in [-0.15, -0.1) is 11.3 Å². The predicted octanol–water partition coefficient (Wildman–Crippen LogP) is 2.16. The highest BCUT2D eigenvalue weighted by Crippen LogP contribution is 2.21. The molecule has 2 aromatic rings. The van der Waals surface area contributed by atoms with Crippen LogP contribution in [0.25, 0.3) is 10.7 Å². The number of nitrogens with one attached hydrogen (secondary N) is 2. The fourth-order valence-corrected chi connectivity index (χ4v) is 3.04. The Balaban J connectivity index is 1.37. The van der Waals surface area contributed by atoms with Crippen LogP contribution in [-0.2, 0) is 11.2 Å². The number of aromatic nitrogens is 2. The number of hydrogen-bond donors (Lipinski definition) is 2. The normalized spacial score (nSPS) is 14.5. The lowest BCUT2D eigenvalue weighted by Crippen LogP contribution is -2.29. The zero-order chi connectivity index (χ0) is 15.9. The summed E-state index contributed by atoms with van der Waals surface area (Å²) in [6.07, 6.45) is 4.96. The molecule has 6 nitrogen and oxygen atoms in total. The molecule has 122 valence electrons. The van der Waals surface area contributed by atoms with E-state index in [1.165, 1.54) is 5.57 Å². The van der Waals surface area contributed by atoms with Crippen LogP contribution < -0.4 is 10.6 Å². The largest absolute Gasteiger partial charge is 0.352 e. The first-order chi connectivity index (χ1) is 11.3. The minimum absolute atomic E-state index is 0.0717. The molecule has 0 bridgehead atoms. The number of thiophene rings is 1. The van der Waals surface area contributed by atoms with Gasteiger partial charge in [0.15, 0.2) is 0 Å². The first-order valence-corrected chi connectivity index (χ1v) is 8.71. The second-order valence-electron chi connectivity index (χ2n) is 5.44. The van der Waals surface area contributed by atoms with E-state index in [4.69, 9.17) is 4.52 Å². The van der Waals surface area contributed by atoms with Crippen LogP contribution in [0.4, 0.5) is 0 Å². The van der Waals surface area contributed by atoms with Crippen molar-refractivity contribution in [2.45, 2.75) is 25.7 Å². The molecule has 3 heterocycles. The summed E-state index contributed by atoms with van der Waals surface area (Å²) in [5.41, 5.74) is 1.30. The quantitative estimate of drug-likeness (QED) is 0.760. The molecule has 0 saturated heterocycles. The van der Waals surface area contributed by atoms with E-state index in [-0.39, 0.29) is 5.91 Å². The van der Waals surface area contributed by atoms with E-state index < -0.39 is 0 Å². The van der Waals surface area contributed by atoms with Crippen molar-refractivity contribution in [3.63, 3.8) is 0 Å². The van der Waals surface area contributed by atoms with Crippen LogP contribution in [0, 0.1) is 0 Å². The van der Waals surface area contributed by atoms with Gasteiger partial charge in [-0.1, -0.05) is 22.9 Å². The lowest BCUT2D eigenvalue weighted by Gasteiger charge is -2.14. The van der Waals surface area contributed by atoms with Gasteiger partial charge in [0.2, 0.25) is 17.6 Å². The van der Waals surface area contributed by atoms with Gasteiger partial charge < -0.3 is 15.2 Å². The minimum atomic E-state index is 0.0717. The highest BCUT2D eigenvalue weighted by molar-refractivity contribution is 7.13. The number of amides is 1. The van der Waals surface area contributed by atoms with Gasteiger partial charge >= 0.3 is 0 Å². The van der Waals surface area contributed by atoms with Gasteiger partial charge in [-0.2, -0.15) is 4.98 Å². The van der Waals surface area contributed by atoms with Gasteiger partial charge in [-0.25, -0.2) is 0 Å². The van der Waals surface area contributed by atoms with E-state index in [1.54, 1.807) is 11.3 Å². The Morgan fingerprint density at radius 2 is 2.43 bits per heavy atom. The van der Waals surface area contributed by atoms with Crippen molar-refractivity contribution in [3.05, 3.63) is 35.1 Å². The van der Waals surface area contributed by atoms with Gasteiger partial charge in [-0.05, 0) is 30.8 Å². The van der Waals surface area contributed by atoms with Crippen LogP contribution in [0.2, 0.25) is 0 Å². The Morgan fingerprint density at radius 1 is 1.48 bits per heavy atom. The summed E-state index contributed by atoms with van der Waals surface area (Å²) in [7, 11) is 0. The van der Waals surface area contributed by atoms with Crippen molar-refractivity contribution in [3.8, 4) is 10.7 Å². The van der Waals surface area contributed by atoms with E-state index >= 15 is 0 Å². The summed E-state index contributed by atoms with van der Waals surface area (Å²) in [6.45, 7) is 2.55. The van der Waals surface area contributed by atoms with E-state index in [0.29, 0.717) is 37.5 Å². The number of carbonyl (C=O) groups excluding carboxylic acids is 1. The maximum absolute atomic E-state index is 11.8. The van der Waals surface area contributed by atoms with Crippen LogP contribution in [0.5, 0.6) is 0 Å². The lowest BCUT2D eigenvalue weighted by atomic mass is 10.1. The van der Waals surface area contributed by atoms with Crippen molar-refractivity contribution < 1.29 is 9.32 Å². The van der Waals surface area contributed by atoms with Crippen molar-refractivity contribution >= 4 is 17.2 Å². The Morgan fingerprint density at radius 3 is 3.22 bits per heavy atom. The summed E-state index contributed by atoms with van der Waals surface area (Å²) in [6, 6.07) is 3.92. The number of hydrogen-bond acceptors (Lipinski definition) is 6. The Labute approximate surface area is 139 Å². The van der Waals surface area contributed by atoms with E-state index in [2.05, 4.69) is 26.9 Å². The van der Waals surface area contributed by atoms with Crippen LogP contribution in [-0.4, -0.2) is 35.7 Å². The fraction of sp³-hybridized carbons (Fsp3) is 0.438. The van der Waals surface area contributed by atoms with Crippen molar-refractivity contribution in [2.75, 3.05) is 19.6 Å². The smallest absolute Gasteiger partial charge is 0.226 e. The third kappa shape index (κ3) is 4.74. The second-order valence-corrected chi connectivity index (χ2v) is 6.38. The zero-order valence-corrected chi connectivity index (χ0v) is 13.7. The molecule has 2 N–H and O–H groups in total. The molecular weight excluding hydrogens is 312 g/mol. The molecule has 0 aliphatic carbocycles. The molecule has 0 atom stereocenters. The molecular formula is C16H20N4O2S. The third-order valence-corrected chi connectivity index (χ3v) is 4.54. The standard InChI is InChI=1S/C16H20N4O2S/c21-14(18-11-12-6-8-17-9-7-12)4-1-5-15-19-16(20-22-15)13-3-2-10-23-13/h2-3,6,10,17H,1,4-5,7-9,11H2,(H,18,21). The average Bonchev–Trinajstić information content (AvgIpc) is 3.25. The molecule has 1 aliphatic heterocycles. The third-order valence-electron chi connectivity index (χ3n) is 3.67. The van der Waals surface area contributed by atoms with Crippen LogP contribution in [0.15, 0.2) is 33.7 Å². The average molecular weight is 332 g/mol. The monoisotopic (exact) mass is 332 g/mol. The van der Waals surface area contributed by atoms with Gasteiger partial charge in [0, 0.05) is 25.9 Å². The van der Waals surface area contributed by atoms with Crippen LogP contribution in [0.1, 0.15) is 25.2 Å². The Bertz CT molecular complexity index is 663. The van der Waals surface area contributed by atoms with Gasteiger partial charge in [0.1, 0.15) is 0 Å². The number of carbonyl (C=O) groups is 1. The van der Waals surface area contributed by atoms with Gasteiger partial charge in [-0.3, -0.25) is 4.79 Å². The van der Waals surface area contributed by atoms with E-state index in [9.17, 15) is 4.79 Å². The number of rotatable bonds is 7. The second kappa shape index (κ2) is 8.03. The van der Waals surface area contributed by atoms with Crippen molar-refractivity contribution in [1.82, 2.24) is 20.8 Å². The van der Waals surface area contributed by atoms with Gasteiger partial charge in [0.05, 0.1) is 4.88 Å². The predicted molar refractivity (Wildman–Crippen MR) is 89.1 cm³/mol. The molecule has 1 amide bonds. The summed E-state index contributed by atoms with van der Waals surface area (Å²) in [4.78, 5) is 17.2. The fourth-order valence-electron chi connectivity index (χ4n) is 2.39. The first kappa shape index (κ1) is 15.9. The van der Waals surface area contributed by atoms with Gasteiger partial charge in [0.25, 0.3) is 0 Å².